The Morgan fingerprint density at radius 1 is 1.12 bits per heavy atom. The predicted octanol–water partition coefficient (Wildman–Crippen LogP) is 4.91. The molecule has 6 nitrogen and oxygen atoms in total. The Bertz CT molecular complexity index is 789. The van der Waals surface area contributed by atoms with Crippen molar-refractivity contribution >= 4 is 23.6 Å². The highest BCUT2D eigenvalue weighted by Crippen LogP contribution is 2.25. The molecule has 2 aromatic rings. The van der Waals surface area contributed by atoms with Gasteiger partial charge in [0.2, 0.25) is 0 Å². The van der Waals surface area contributed by atoms with Gasteiger partial charge < -0.3 is 9.84 Å². The third-order valence-corrected chi connectivity index (χ3v) is 3.97. The van der Waals surface area contributed by atoms with Crippen LogP contribution in [-0.4, -0.2) is 29.9 Å². The van der Waals surface area contributed by atoms with E-state index in [-0.39, 0.29) is 6.04 Å². The number of carbonyl (C=O) groups is 2. The molecule has 0 aromatic heterocycles. The fraction of sp³-hybridized carbons (Fsp3) is 0.300. The number of carbonyl (C=O) groups excluding carboxylic acids is 1. The van der Waals surface area contributed by atoms with E-state index in [9.17, 15) is 14.7 Å². The van der Waals surface area contributed by atoms with Crippen molar-refractivity contribution < 1.29 is 19.4 Å². The number of amides is 2. The van der Waals surface area contributed by atoms with Crippen LogP contribution in [0.25, 0.3) is 0 Å². The molecular formula is C20H24N2O4. The lowest BCUT2D eigenvalue weighted by atomic mass is 10.2. The summed E-state index contributed by atoms with van der Waals surface area (Å²) < 4.78 is 5.49. The zero-order chi connectivity index (χ0) is 19.3. The topological polar surface area (TPSA) is 70.1 Å². The minimum absolute atomic E-state index is 0.238. The van der Waals surface area contributed by atoms with Crippen molar-refractivity contribution in [3.05, 3.63) is 54.1 Å². The quantitative estimate of drug-likeness (QED) is 0.826. The molecule has 0 heterocycles. The van der Waals surface area contributed by atoms with Crippen molar-refractivity contribution in [1.82, 2.24) is 0 Å². The minimum atomic E-state index is -1.06. The SMILES string of the molecule is CCN(C(=O)Oc1cccc(N(C(=O)O)C(C)C)c1)c1ccccc1C. The lowest BCUT2D eigenvalue weighted by Gasteiger charge is -2.25. The van der Waals surface area contributed by atoms with E-state index < -0.39 is 12.2 Å². The van der Waals surface area contributed by atoms with Crippen LogP contribution in [0, 0.1) is 6.92 Å². The maximum Gasteiger partial charge on any atom is 0.419 e. The second-order valence-electron chi connectivity index (χ2n) is 6.14. The zero-order valence-corrected chi connectivity index (χ0v) is 15.5. The molecule has 6 heteroatoms. The Labute approximate surface area is 153 Å². The van der Waals surface area contributed by atoms with Crippen LogP contribution in [0.2, 0.25) is 0 Å². The van der Waals surface area contributed by atoms with Gasteiger partial charge in [-0.3, -0.25) is 9.80 Å². The highest BCUT2D eigenvalue weighted by Gasteiger charge is 2.21. The molecule has 0 fully saturated rings. The molecule has 0 spiro atoms. The van der Waals surface area contributed by atoms with Crippen molar-refractivity contribution in [2.75, 3.05) is 16.3 Å². The summed E-state index contributed by atoms with van der Waals surface area (Å²) >= 11 is 0. The smallest absolute Gasteiger partial charge is 0.419 e. The number of rotatable bonds is 5. The third-order valence-electron chi connectivity index (χ3n) is 3.97. The molecule has 0 saturated carbocycles. The zero-order valence-electron chi connectivity index (χ0n) is 15.5. The van der Waals surface area contributed by atoms with Crippen LogP contribution in [-0.2, 0) is 0 Å². The molecule has 0 saturated heterocycles. The molecule has 0 aliphatic rings. The number of ether oxygens (including phenoxy) is 1. The molecule has 2 amide bonds. The van der Waals surface area contributed by atoms with Gasteiger partial charge in [-0.25, -0.2) is 9.59 Å². The van der Waals surface area contributed by atoms with Gasteiger partial charge in [-0.1, -0.05) is 24.3 Å². The maximum atomic E-state index is 12.6. The monoisotopic (exact) mass is 356 g/mol. The number of nitrogens with zero attached hydrogens (tertiary/aromatic N) is 2. The molecule has 0 aliphatic heterocycles. The van der Waals surface area contributed by atoms with E-state index in [1.807, 2.05) is 38.1 Å². The Balaban J connectivity index is 2.25. The summed E-state index contributed by atoms with van der Waals surface area (Å²) in [7, 11) is 0. The summed E-state index contributed by atoms with van der Waals surface area (Å²) in [5, 5.41) is 9.39. The van der Waals surface area contributed by atoms with E-state index in [0.717, 1.165) is 11.3 Å². The van der Waals surface area contributed by atoms with E-state index in [2.05, 4.69) is 0 Å². The average Bonchev–Trinajstić information content (AvgIpc) is 2.57. The van der Waals surface area contributed by atoms with Gasteiger partial charge in [0.15, 0.2) is 0 Å². The highest BCUT2D eigenvalue weighted by atomic mass is 16.6. The normalized spacial score (nSPS) is 10.5. The maximum absolute atomic E-state index is 12.6. The van der Waals surface area contributed by atoms with Crippen molar-refractivity contribution in [1.29, 1.82) is 0 Å². The number of para-hydroxylation sites is 1. The molecule has 2 aromatic carbocycles. The first kappa shape index (κ1) is 19.3. The largest absolute Gasteiger partial charge is 0.465 e. The molecule has 0 unspecified atom stereocenters. The van der Waals surface area contributed by atoms with Crippen LogP contribution in [0.3, 0.4) is 0 Å². The van der Waals surface area contributed by atoms with Crippen molar-refractivity contribution in [2.45, 2.75) is 33.7 Å². The van der Waals surface area contributed by atoms with Crippen LogP contribution in [0.1, 0.15) is 26.3 Å². The van der Waals surface area contributed by atoms with Crippen LogP contribution in [0.15, 0.2) is 48.5 Å². The van der Waals surface area contributed by atoms with Crippen LogP contribution in [0.5, 0.6) is 5.75 Å². The van der Waals surface area contributed by atoms with Gasteiger partial charge in [0.05, 0.1) is 5.69 Å². The van der Waals surface area contributed by atoms with E-state index in [4.69, 9.17) is 4.74 Å². The van der Waals surface area contributed by atoms with Crippen LogP contribution in [0.4, 0.5) is 21.0 Å². The summed E-state index contributed by atoms with van der Waals surface area (Å²) in [4.78, 5) is 26.8. The van der Waals surface area contributed by atoms with Crippen LogP contribution >= 0.6 is 0 Å². The van der Waals surface area contributed by atoms with Crippen molar-refractivity contribution in [2.24, 2.45) is 0 Å². The number of aryl methyl sites for hydroxylation is 1. The lowest BCUT2D eigenvalue weighted by Crippen LogP contribution is -2.36. The van der Waals surface area contributed by atoms with Gasteiger partial charge in [0.1, 0.15) is 5.75 Å². The summed E-state index contributed by atoms with van der Waals surface area (Å²) in [5.74, 6) is 0.298. The highest BCUT2D eigenvalue weighted by molar-refractivity contribution is 5.90. The fourth-order valence-corrected chi connectivity index (χ4v) is 2.75. The average molecular weight is 356 g/mol. The van der Waals surface area contributed by atoms with Gasteiger partial charge in [-0.2, -0.15) is 0 Å². The predicted molar refractivity (Wildman–Crippen MR) is 102 cm³/mol. The second kappa shape index (κ2) is 8.38. The molecular weight excluding hydrogens is 332 g/mol. The number of carboxylic acid groups (broad SMARTS) is 1. The van der Waals surface area contributed by atoms with E-state index in [1.165, 1.54) is 4.90 Å². The fourth-order valence-electron chi connectivity index (χ4n) is 2.75. The van der Waals surface area contributed by atoms with Gasteiger partial charge >= 0.3 is 12.2 Å². The molecule has 2 rings (SSSR count). The van der Waals surface area contributed by atoms with Gasteiger partial charge in [0, 0.05) is 24.3 Å². The standard InChI is InChI=1S/C20H24N2O4/c1-5-21(18-12-7-6-9-15(18)4)20(25)26-17-11-8-10-16(13-17)22(14(2)3)19(23)24/h6-14H,5H2,1-4H3,(H,23,24). The Kier molecular flexibility index (Phi) is 6.22. The third kappa shape index (κ3) is 4.33. The van der Waals surface area contributed by atoms with Crippen LogP contribution < -0.4 is 14.5 Å². The first-order chi connectivity index (χ1) is 12.3. The van der Waals surface area contributed by atoms with E-state index in [1.54, 1.807) is 43.0 Å². The van der Waals surface area contributed by atoms with Crippen molar-refractivity contribution in [3.8, 4) is 5.75 Å². The molecule has 0 atom stereocenters. The van der Waals surface area contributed by atoms with Crippen molar-refractivity contribution in [3.63, 3.8) is 0 Å². The summed E-state index contributed by atoms with van der Waals surface area (Å²) in [6.45, 7) is 7.82. The molecule has 1 N–H and O–H groups in total. The summed E-state index contributed by atoms with van der Waals surface area (Å²) in [6, 6.07) is 13.9. The number of anilines is 2. The second-order valence-corrected chi connectivity index (χ2v) is 6.14. The Morgan fingerprint density at radius 2 is 1.81 bits per heavy atom. The first-order valence-electron chi connectivity index (χ1n) is 8.52. The molecule has 26 heavy (non-hydrogen) atoms. The van der Waals surface area contributed by atoms with E-state index >= 15 is 0 Å². The Hall–Kier alpha value is -3.02. The van der Waals surface area contributed by atoms with Gasteiger partial charge in [-0.15, -0.1) is 0 Å². The Morgan fingerprint density at radius 3 is 2.38 bits per heavy atom. The van der Waals surface area contributed by atoms with Gasteiger partial charge in [0.25, 0.3) is 0 Å². The minimum Gasteiger partial charge on any atom is -0.465 e. The molecule has 138 valence electrons. The lowest BCUT2D eigenvalue weighted by molar-refractivity contribution is 0.200. The number of benzene rings is 2. The molecule has 0 aliphatic carbocycles. The number of hydrogen-bond acceptors (Lipinski definition) is 3. The summed E-state index contributed by atoms with van der Waals surface area (Å²) in [5.41, 5.74) is 2.21. The van der Waals surface area contributed by atoms with Gasteiger partial charge in [-0.05, 0) is 51.5 Å². The molecule has 0 bridgehead atoms. The molecule has 0 radical (unpaired) electrons. The van der Waals surface area contributed by atoms with E-state index in [0.29, 0.717) is 18.0 Å². The summed E-state index contributed by atoms with van der Waals surface area (Å²) in [6.07, 6.45) is -1.57. The number of hydrogen-bond donors (Lipinski definition) is 1. The first-order valence-corrected chi connectivity index (χ1v) is 8.52.